The Balaban J connectivity index is 1.74. The molecule has 0 aliphatic carbocycles. The Bertz CT molecular complexity index is 986. The van der Waals surface area contributed by atoms with Crippen LogP contribution in [0.4, 0.5) is 9.18 Å². The van der Waals surface area contributed by atoms with Gasteiger partial charge in [0.25, 0.3) is 17.1 Å². The van der Waals surface area contributed by atoms with Gasteiger partial charge >= 0.3 is 0 Å². The standard InChI is InChI=1S/C22H21FN2O3S/c1-14(2)24(3)20(26)17-9-7-15(8-10-17)12-19-21(27)25(22(28)29-19)13-16-5-4-6-18(23)11-16/h4-12,14H,13H2,1-3H3/b19-12-. The highest BCUT2D eigenvalue weighted by molar-refractivity contribution is 8.18. The number of carbonyl (C=O) groups excluding carboxylic acids is 3. The molecule has 1 fully saturated rings. The molecule has 0 radical (unpaired) electrons. The maximum absolute atomic E-state index is 13.4. The summed E-state index contributed by atoms with van der Waals surface area (Å²) >= 11 is 0.849. The fourth-order valence-corrected chi connectivity index (χ4v) is 3.60. The van der Waals surface area contributed by atoms with Crippen LogP contribution in [-0.2, 0) is 11.3 Å². The van der Waals surface area contributed by atoms with Gasteiger partial charge in [-0.2, -0.15) is 0 Å². The third kappa shape index (κ3) is 4.74. The van der Waals surface area contributed by atoms with Crippen molar-refractivity contribution in [1.29, 1.82) is 0 Å². The molecular formula is C22H21FN2O3S. The van der Waals surface area contributed by atoms with Gasteiger partial charge in [-0.3, -0.25) is 19.3 Å². The zero-order chi connectivity index (χ0) is 21.1. The monoisotopic (exact) mass is 412 g/mol. The van der Waals surface area contributed by atoms with E-state index in [9.17, 15) is 18.8 Å². The molecule has 1 aliphatic heterocycles. The lowest BCUT2D eigenvalue weighted by Crippen LogP contribution is -2.32. The summed E-state index contributed by atoms with van der Waals surface area (Å²) in [6.07, 6.45) is 1.62. The van der Waals surface area contributed by atoms with E-state index in [1.807, 2.05) is 13.8 Å². The first-order valence-electron chi connectivity index (χ1n) is 9.13. The SMILES string of the molecule is CC(C)N(C)C(=O)c1ccc(/C=C2\SC(=O)N(Cc3cccc(F)c3)C2=O)cc1. The van der Waals surface area contributed by atoms with E-state index in [1.54, 1.807) is 54.4 Å². The quantitative estimate of drug-likeness (QED) is 0.677. The van der Waals surface area contributed by atoms with Crippen molar-refractivity contribution in [2.45, 2.75) is 26.4 Å². The number of thioether (sulfide) groups is 1. The number of rotatable bonds is 5. The summed E-state index contributed by atoms with van der Waals surface area (Å²) in [6.45, 7) is 3.90. The van der Waals surface area contributed by atoms with Gasteiger partial charge in [-0.1, -0.05) is 24.3 Å². The molecular weight excluding hydrogens is 391 g/mol. The molecule has 2 aromatic carbocycles. The molecule has 2 aromatic rings. The first-order chi connectivity index (χ1) is 13.8. The van der Waals surface area contributed by atoms with Gasteiger partial charge in [0, 0.05) is 18.7 Å². The highest BCUT2D eigenvalue weighted by Gasteiger charge is 2.35. The minimum Gasteiger partial charge on any atom is -0.339 e. The van der Waals surface area contributed by atoms with Crippen LogP contribution in [-0.4, -0.2) is 39.9 Å². The second-order valence-corrected chi connectivity index (χ2v) is 8.02. The molecule has 1 saturated heterocycles. The maximum atomic E-state index is 13.4. The van der Waals surface area contributed by atoms with Crippen molar-refractivity contribution in [1.82, 2.24) is 9.80 Å². The molecule has 1 heterocycles. The molecule has 1 aliphatic rings. The van der Waals surface area contributed by atoms with Gasteiger partial charge in [0.2, 0.25) is 0 Å². The van der Waals surface area contributed by atoms with E-state index in [1.165, 1.54) is 12.1 Å². The largest absolute Gasteiger partial charge is 0.339 e. The number of halogens is 1. The van der Waals surface area contributed by atoms with Gasteiger partial charge in [0.05, 0.1) is 11.4 Å². The lowest BCUT2D eigenvalue weighted by molar-refractivity contribution is -0.123. The van der Waals surface area contributed by atoms with Crippen LogP contribution < -0.4 is 0 Å². The number of benzene rings is 2. The van der Waals surface area contributed by atoms with Crippen LogP contribution in [0, 0.1) is 5.82 Å². The lowest BCUT2D eigenvalue weighted by Gasteiger charge is -2.21. The molecule has 0 N–H and O–H groups in total. The first kappa shape index (κ1) is 20.8. The number of hydrogen-bond donors (Lipinski definition) is 0. The van der Waals surface area contributed by atoms with E-state index in [-0.39, 0.29) is 18.5 Å². The summed E-state index contributed by atoms with van der Waals surface area (Å²) in [5.41, 5.74) is 1.81. The van der Waals surface area contributed by atoms with Crippen molar-refractivity contribution < 1.29 is 18.8 Å². The Kier molecular flexibility index (Phi) is 6.17. The lowest BCUT2D eigenvalue weighted by atomic mass is 10.1. The van der Waals surface area contributed by atoms with E-state index in [2.05, 4.69) is 0 Å². The van der Waals surface area contributed by atoms with Gasteiger partial charge in [0.15, 0.2) is 0 Å². The van der Waals surface area contributed by atoms with Crippen molar-refractivity contribution in [3.63, 3.8) is 0 Å². The summed E-state index contributed by atoms with van der Waals surface area (Å²) in [7, 11) is 1.75. The van der Waals surface area contributed by atoms with Crippen molar-refractivity contribution >= 4 is 34.9 Å². The minimum atomic E-state index is -0.414. The number of carbonyl (C=O) groups is 3. The zero-order valence-corrected chi connectivity index (χ0v) is 17.2. The van der Waals surface area contributed by atoms with Crippen molar-refractivity contribution in [3.8, 4) is 0 Å². The molecule has 0 spiro atoms. The van der Waals surface area contributed by atoms with Gasteiger partial charge in [-0.05, 0) is 67.1 Å². The first-order valence-corrected chi connectivity index (χ1v) is 9.95. The van der Waals surface area contributed by atoms with E-state index in [4.69, 9.17) is 0 Å². The number of hydrogen-bond acceptors (Lipinski definition) is 4. The summed E-state index contributed by atoms with van der Waals surface area (Å²) in [5, 5.41) is -0.393. The summed E-state index contributed by atoms with van der Waals surface area (Å²) in [4.78, 5) is 40.2. The van der Waals surface area contributed by atoms with Crippen LogP contribution in [0.1, 0.15) is 35.3 Å². The van der Waals surface area contributed by atoms with E-state index in [0.29, 0.717) is 21.6 Å². The average Bonchev–Trinajstić information content (AvgIpc) is 2.95. The van der Waals surface area contributed by atoms with Crippen LogP contribution in [0.2, 0.25) is 0 Å². The number of nitrogens with zero attached hydrogens (tertiary/aromatic N) is 2. The Hall–Kier alpha value is -2.93. The van der Waals surface area contributed by atoms with Gasteiger partial charge < -0.3 is 4.90 Å². The summed E-state index contributed by atoms with van der Waals surface area (Å²) < 4.78 is 13.4. The molecule has 150 valence electrons. The zero-order valence-electron chi connectivity index (χ0n) is 16.4. The Labute approximate surface area is 173 Å². The molecule has 0 saturated carbocycles. The number of imide groups is 1. The van der Waals surface area contributed by atoms with E-state index < -0.39 is 17.0 Å². The molecule has 0 atom stereocenters. The predicted molar refractivity (Wildman–Crippen MR) is 112 cm³/mol. The topological polar surface area (TPSA) is 57.7 Å². The highest BCUT2D eigenvalue weighted by Crippen LogP contribution is 2.33. The molecule has 7 heteroatoms. The van der Waals surface area contributed by atoms with Crippen molar-refractivity contribution in [3.05, 3.63) is 75.9 Å². The summed E-state index contributed by atoms with van der Waals surface area (Å²) in [5.74, 6) is -0.909. The fourth-order valence-electron chi connectivity index (χ4n) is 2.77. The molecule has 29 heavy (non-hydrogen) atoms. The second kappa shape index (κ2) is 8.61. The third-order valence-electron chi connectivity index (χ3n) is 4.65. The molecule has 5 nitrogen and oxygen atoms in total. The Morgan fingerprint density at radius 3 is 2.48 bits per heavy atom. The van der Waals surface area contributed by atoms with Crippen LogP contribution in [0.5, 0.6) is 0 Å². The van der Waals surface area contributed by atoms with Crippen LogP contribution in [0.15, 0.2) is 53.4 Å². The van der Waals surface area contributed by atoms with E-state index in [0.717, 1.165) is 16.7 Å². The van der Waals surface area contributed by atoms with Crippen LogP contribution in [0.3, 0.4) is 0 Å². The second-order valence-electron chi connectivity index (χ2n) is 7.03. The third-order valence-corrected chi connectivity index (χ3v) is 5.56. The van der Waals surface area contributed by atoms with E-state index >= 15 is 0 Å². The smallest absolute Gasteiger partial charge is 0.293 e. The van der Waals surface area contributed by atoms with Gasteiger partial charge in [-0.25, -0.2) is 4.39 Å². The van der Waals surface area contributed by atoms with Crippen molar-refractivity contribution in [2.24, 2.45) is 0 Å². The maximum Gasteiger partial charge on any atom is 0.293 e. The molecule has 0 bridgehead atoms. The molecule has 3 rings (SSSR count). The fraction of sp³-hybridized carbons (Fsp3) is 0.227. The predicted octanol–water partition coefficient (Wildman–Crippen LogP) is 4.54. The molecule has 3 amide bonds. The Morgan fingerprint density at radius 2 is 1.86 bits per heavy atom. The average molecular weight is 412 g/mol. The Morgan fingerprint density at radius 1 is 1.17 bits per heavy atom. The number of amides is 3. The normalized spacial score (nSPS) is 15.5. The summed E-state index contributed by atoms with van der Waals surface area (Å²) in [6, 6.07) is 12.8. The van der Waals surface area contributed by atoms with Gasteiger partial charge in [-0.15, -0.1) is 0 Å². The molecule has 0 unspecified atom stereocenters. The van der Waals surface area contributed by atoms with Crippen LogP contribution >= 0.6 is 11.8 Å². The van der Waals surface area contributed by atoms with Crippen molar-refractivity contribution in [2.75, 3.05) is 7.05 Å². The van der Waals surface area contributed by atoms with Gasteiger partial charge in [0.1, 0.15) is 5.82 Å². The van der Waals surface area contributed by atoms with Crippen LogP contribution in [0.25, 0.3) is 6.08 Å². The molecule has 0 aromatic heterocycles. The minimum absolute atomic E-state index is 0.0226. The highest BCUT2D eigenvalue weighted by atomic mass is 32.2.